The molecule has 1 aromatic carbocycles. The van der Waals surface area contributed by atoms with Gasteiger partial charge in [0.1, 0.15) is 12.2 Å². The summed E-state index contributed by atoms with van der Waals surface area (Å²) < 4.78 is 0. The van der Waals surface area contributed by atoms with Crippen molar-refractivity contribution in [2.45, 2.75) is 77.2 Å². The van der Waals surface area contributed by atoms with Gasteiger partial charge in [0, 0.05) is 0 Å². The SMILES string of the molecule is C[Si](C)(C)C1=C2C(=C([Si](C)(C)C)[C@@H]3CCCC[C@H]13)[C@@H](O)c1ccccc1[C@H]2O. The maximum absolute atomic E-state index is 11.6. The van der Waals surface area contributed by atoms with Crippen LogP contribution in [-0.4, -0.2) is 26.4 Å². The third-order valence-electron chi connectivity index (χ3n) is 7.13. The molecule has 1 aromatic rings. The van der Waals surface area contributed by atoms with Crippen molar-refractivity contribution in [3.05, 3.63) is 56.9 Å². The fraction of sp³-hybridized carbons (Fsp3) is 0.583. The molecular weight excluding hydrogens is 376 g/mol. The minimum Gasteiger partial charge on any atom is -0.384 e. The minimum atomic E-state index is -1.66. The third kappa shape index (κ3) is 3.04. The second kappa shape index (κ2) is 6.80. The van der Waals surface area contributed by atoms with E-state index in [2.05, 4.69) is 39.3 Å². The van der Waals surface area contributed by atoms with Gasteiger partial charge in [-0.2, -0.15) is 0 Å². The van der Waals surface area contributed by atoms with Crippen LogP contribution >= 0.6 is 0 Å². The van der Waals surface area contributed by atoms with E-state index in [1.165, 1.54) is 25.7 Å². The molecule has 4 heteroatoms. The Hall–Kier alpha value is -0.946. The van der Waals surface area contributed by atoms with Gasteiger partial charge in [0.25, 0.3) is 0 Å². The fourth-order valence-electron chi connectivity index (χ4n) is 6.34. The second-order valence-electron chi connectivity index (χ2n) is 11.1. The van der Waals surface area contributed by atoms with Gasteiger partial charge in [-0.3, -0.25) is 0 Å². The second-order valence-corrected chi connectivity index (χ2v) is 21.2. The van der Waals surface area contributed by atoms with E-state index in [9.17, 15) is 10.2 Å². The highest BCUT2D eigenvalue weighted by molar-refractivity contribution is 6.85. The Labute approximate surface area is 172 Å². The molecule has 0 radical (unpaired) electrons. The smallest absolute Gasteiger partial charge is 0.104 e. The zero-order valence-corrected chi connectivity index (χ0v) is 20.3. The Balaban J connectivity index is 2.11. The first kappa shape index (κ1) is 20.3. The highest BCUT2D eigenvalue weighted by atomic mass is 28.3. The number of hydrogen-bond acceptors (Lipinski definition) is 2. The van der Waals surface area contributed by atoms with E-state index in [0.717, 1.165) is 22.3 Å². The van der Waals surface area contributed by atoms with Gasteiger partial charge >= 0.3 is 0 Å². The van der Waals surface area contributed by atoms with E-state index in [1.807, 2.05) is 24.3 Å². The number of rotatable bonds is 2. The first-order valence-electron chi connectivity index (χ1n) is 11.0. The van der Waals surface area contributed by atoms with E-state index in [4.69, 9.17) is 0 Å². The quantitative estimate of drug-likeness (QED) is 0.591. The zero-order chi connectivity index (χ0) is 20.4. The lowest BCUT2D eigenvalue weighted by Crippen LogP contribution is -2.46. The number of aliphatic hydroxyl groups is 2. The van der Waals surface area contributed by atoms with Crippen molar-refractivity contribution >= 4 is 16.1 Å². The van der Waals surface area contributed by atoms with Gasteiger partial charge in [0.2, 0.25) is 0 Å². The lowest BCUT2D eigenvalue weighted by molar-refractivity contribution is 0.158. The van der Waals surface area contributed by atoms with Crippen molar-refractivity contribution in [1.82, 2.24) is 0 Å². The van der Waals surface area contributed by atoms with Gasteiger partial charge in [-0.05, 0) is 47.0 Å². The Morgan fingerprint density at radius 3 is 1.36 bits per heavy atom. The van der Waals surface area contributed by atoms with Crippen molar-refractivity contribution in [2.75, 3.05) is 0 Å². The van der Waals surface area contributed by atoms with Crippen LogP contribution < -0.4 is 0 Å². The Morgan fingerprint density at radius 2 is 1.04 bits per heavy atom. The summed E-state index contributed by atoms with van der Waals surface area (Å²) in [7, 11) is -3.33. The summed E-state index contributed by atoms with van der Waals surface area (Å²) in [6, 6.07) is 8.00. The number of allylic oxidation sites excluding steroid dienone is 2. The van der Waals surface area contributed by atoms with Crippen LogP contribution in [0.2, 0.25) is 39.3 Å². The molecule has 0 unspecified atom stereocenters. The molecule has 1 saturated carbocycles. The summed E-state index contributed by atoms with van der Waals surface area (Å²) in [5.74, 6) is 1.15. The molecule has 0 bridgehead atoms. The maximum Gasteiger partial charge on any atom is 0.104 e. The summed E-state index contributed by atoms with van der Waals surface area (Å²) in [5.41, 5.74) is 4.08. The van der Waals surface area contributed by atoms with Crippen LogP contribution in [0.3, 0.4) is 0 Å². The van der Waals surface area contributed by atoms with Crippen LogP contribution in [0, 0.1) is 11.8 Å². The normalized spacial score (nSPS) is 30.7. The molecule has 1 fully saturated rings. The van der Waals surface area contributed by atoms with Gasteiger partial charge in [0.15, 0.2) is 0 Å². The monoisotopic (exact) mass is 412 g/mol. The molecule has 2 N–H and O–H groups in total. The summed E-state index contributed by atoms with van der Waals surface area (Å²) in [5, 5.41) is 26.3. The van der Waals surface area contributed by atoms with Crippen molar-refractivity contribution in [3.8, 4) is 0 Å². The van der Waals surface area contributed by atoms with Crippen LogP contribution in [0.25, 0.3) is 0 Å². The highest BCUT2D eigenvalue weighted by Gasteiger charge is 2.50. The molecule has 28 heavy (non-hydrogen) atoms. The van der Waals surface area contributed by atoms with Gasteiger partial charge in [-0.25, -0.2) is 0 Å². The Kier molecular flexibility index (Phi) is 4.93. The molecule has 0 saturated heterocycles. The van der Waals surface area contributed by atoms with Gasteiger partial charge < -0.3 is 10.2 Å². The van der Waals surface area contributed by atoms with Gasteiger partial charge in [-0.15, -0.1) is 0 Å². The van der Waals surface area contributed by atoms with Crippen LogP contribution in [-0.2, 0) is 0 Å². The largest absolute Gasteiger partial charge is 0.384 e. The van der Waals surface area contributed by atoms with E-state index >= 15 is 0 Å². The average Bonchev–Trinajstić information content (AvgIpc) is 2.62. The topological polar surface area (TPSA) is 40.5 Å². The van der Waals surface area contributed by atoms with Gasteiger partial charge in [0.05, 0.1) is 16.1 Å². The van der Waals surface area contributed by atoms with Crippen LogP contribution in [0.15, 0.2) is 45.8 Å². The van der Waals surface area contributed by atoms with E-state index < -0.39 is 28.4 Å². The molecule has 4 atom stereocenters. The Morgan fingerprint density at radius 1 is 0.679 bits per heavy atom. The molecule has 2 nitrogen and oxygen atoms in total. The summed E-state index contributed by atoms with van der Waals surface area (Å²) >= 11 is 0. The molecule has 0 heterocycles. The summed E-state index contributed by atoms with van der Waals surface area (Å²) in [6.45, 7) is 14.6. The van der Waals surface area contributed by atoms with Crippen molar-refractivity contribution in [2.24, 2.45) is 11.8 Å². The predicted octanol–water partition coefficient (Wildman–Crippen LogP) is 5.94. The predicted molar refractivity (Wildman–Crippen MR) is 123 cm³/mol. The average molecular weight is 413 g/mol. The molecule has 0 amide bonds. The first-order valence-corrected chi connectivity index (χ1v) is 18.0. The van der Waals surface area contributed by atoms with E-state index in [0.29, 0.717) is 11.8 Å². The van der Waals surface area contributed by atoms with Gasteiger partial charge in [-0.1, -0.05) is 86.8 Å². The molecular formula is C24H36O2Si2. The molecule has 4 rings (SSSR count). The zero-order valence-electron chi connectivity index (χ0n) is 18.3. The number of aliphatic hydroxyl groups excluding tert-OH is 2. The standard InChI is InChI=1S/C24H36O2Si2/c1-27(2,3)23-17-13-9-10-14-18(17)24(28(4,5)6)20-19(23)21(25)15-11-7-8-12-16(15)22(20)26/h7-8,11-12,17-18,21-22,25-26H,9-10,13-14H2,1-6H3/t17-,18+,21+,22-. The van der Waals surface area contributed by atoms with Crippen molar-refractivity contribution in [1.29, 1.82) is 0 Å². The van der Waals surface area contributed by atoms with E-state index in [1.54, 1.807) is 10.4 Å². The molecule has 0 aromatic heterocycles. The maximum atomic E-state index is 11.6. The molecule has 0 spiro atoms. The number of benzene rings is 1. The third-order valence-corrected chi connectivity index (χ3v) is 11.6. The summed E-state index contributed by atoms with van der Waals surface area (Å²) in [6.07, 6.45) is 3.91. The molecule has 3 aliphatic carbocycles. The summed E-state index contributed by atoms with van der Waals surface area (Å²) in [4.78, 5) is 0. The van der Waals surface area contributed by atoms with Crippen LogP contribution in [0.5, 0.6) is 0 Å². The van der Waals surface area contributed by atoms with Crippen molar-refractivity contribution < 1.29 is 10.2 Å². The Bertz CT molecular complexity index is 783. The van der Waals surface area contributed by atoms with Crippen LogP contribution in [0.1, 0.15) is 49.0 Å². The number of hydrogen-bond donors (Lipinski definition) is 2. The number of fused-ring (bicyclic) bond motifs is 3. The lowest BCUT2D eigenvalue weighted by atomic mass is 9.68. The molecule has 152 valence electrons. The minimum absolute atomic E-state index is 0.577. The van der Waals surface area contributed by atoms with Crippen LogP contribution in [0.4, 0.5) is 0 Å². The van der Waals surface area contributed by atoms with Crippen molar-refractivity contribution in [3.63, 3.8) is 0 Å². The first-order chi connectivity index (χ1) is 13.0. The lowest BCUT2D eigenvalue weighted by Gasteiger charge is -2.51. The fourth-order valence-corrected chi connectivity index (χ4v) is 11.4. The highest BCUT2D eigenvalue weighted by Crippen LogP contribution is 2.58. The van der Waals surface area contributed by atoms with E-state index in [-0.39, 0.29) is 0 Å². The molecule has 3 aliphatic rings. The molecule has 0 aliphatic heterocycles.